The van der Waals surface area contributed by atoms with E-state index in [2.05, 4.69) is 31.0 Å². The standard InChI is InChI=1S/C15H30N2O2S/c1-15(2,3)13-4-8-17(9-5-13)10-7-16-14-6-11-20(18,19)12-14/h13-14,16H,4-12H2,1-3H3. The normalized spacial score (nSPS) is 28.9. The number of sulfone groups is 1. The van der Waals surface area contributed by atoms with E-state index in [1.54, 1.807) is 0 Å². The zero-order valence-corrected chi connectivity index (χ0v) is 14.0. The molecule has 0 aliphatic carbocycles. The van der Waals surface area contributed by atoms with E-state index in [0.717, 1.165) is 25.4 Å². The van der Waals surface area contributed by atoms with Gasteiger partial charge >= 0.3 is 0 Å². The fourth-order valence-corrected chi connectivity index (χ4v) is 5.11. The minimum absolute atomic E-state index is 0.187. The summed E-state index contributed by atoms with van der Waals surface area (Å²) < 4.78 is 22.8. The van der Waals surface area contributed by atoms with Crippen LogP contribution in [0, 0.1) is 11.3 Å². The minimum atomic E-state index is -2.75. The fraction of sp³-hybridized carbons (Fsp3) is 1.00. The molecule has 2 saturated heterocycles. The second-order valence-electron chi connectivity index (χ2n) is 7.54. The van der Waals surface area contributed by atoms with Crippen LogP contribution >= 0.6 is 0 Å². The monoisotopic (exact) mass is 302 g/mol. The Labute approximate surface area is 124 Å². The smallest absolute Gasteiger partial charge is 0.151 e. The van der Waals surface area contributed by atoms with E-state index in [9.17, 15) is 8.42 Å². The molecule has 0 saturated carbocycles. The van der Waals surface area contributed by atoms with Crippen molar-refractivity contribution in [1.82, 2.24) is 10.2 Å². The van der Waals surface area contributed by atoms with Crippen LogP contribution in [0.5, 0.6) is 0 Å². The van der Waals surface area contributed by atoms with E-state index in [1.165, 1.54) is 25.9 Å². The molecule has 0 amide bonds. The molecule has 5 heteroatoms. The third kappa shape index (κ3) is 4.71. The van der Waals surface area contributed by atoms with Crippen LogP contribution in [0.4, 0.5) is 0 Å². The molecule has 0 spiro atoms. The molecule has 0 aromatic carbocycles. The lowest BCUT2D eigenvalue weighted by atomic mass is 9.75. The summed E-state index contributed by atoms with van der Waals surface area (Å²) >= 11 is 0. The van der Waals surface area contributed by atoms with Crippen molar-refractivity contribution >= 4 is 9.84 Å². The van der Waals surface area contributed by atoms with Crippen molar-refractivity contribution in [1.29, 1.82) is 0 Å². The van der Waals surface area contributed by atoms with Gasteiger partial charge in [0.1, 0.15) is 0 Å². The van der Waals surface area contributed by atoms with Crippen molar-refractivity contribution in [2.24, 2.45) is 11.3 Å². The van der Waals surface area contributed by atoms with Gasteiger partial charge < -0.3 is 10.2 Å². The third-order valence-corrected chi connectivity index (χ3v) is 6.67. The Bertz CT molecular complexity index is 406. The fourth-order valence-electron chi connectivity index (χ4n) is 3.41. The molecule has 1 atom stereocenters. The van der Waals surface area contributed by atoms with Gasteiger partial charge in [0, 0.05) is 19.1 Å². The Morgan fingerprint density at radius 2 is 1.80 bits per heavy atom. The number of hydrogen-bond acceptors (Lipinski definition) is 4. The van der Waals surface area contributed by atoms with Gasteiger partial charge in [0.05, 0.1) is 11.5 Å². The van der Waals surface area contributed by atoms with Gasteiger partial charge in [0.25, 0.3) is 0 Å². The van der Waals surface area contributed by atoms with Crippen LogP contribution in [-0.4, -0.2) is 57.0 Å². The van der Waals surface area contributed by atoms with Gasteiger partial charge in [-0.25, -0.2) is 8.42 Å². The second kappa shape index (κ2) is 6.32. The zero-order valence-electron chi connectivity index (χ0n) is 13.2. The molecule has 0 aromatic rings. The van der Waals surface area contributed by atoms with E-state index in [4.69, 9.17) is 0 Å². The first-order valence-electron chi connectivity index (χ1n) is 7.92. The lowest BCUT2D eigenvalue weighted by Gasteiger charge is -2.38. The molecule has 2 aliphatic heterocycles. The van der Waals surface area contributed by atoms with Crippen LogP contribution in [0.2, 0.25) is 0 Å². The van der Waals surface area contributed by atoms with Gasteiger partial charge in [-0.2, -0.15) is 0 Å². The Morgan fingerprint density at radius 1 is 1.15 bits per heavy atom. The summed E-state index contributed by atoms with van der Waals surface area (Å²) in [5, 5.41) is 3.41. The lowest BCUT2D eigenvalue weighted by Crippen LogP contribution is -2.42. The van der Waals surface area contributed by atoms with E-state index in [-0.39, 0.29) is 6.04 Å². The van der Waals surface area contributed by atoms with Gasteiger partial charge in [-0.1, -0.05) is 20.8 Å². The summed E-state index contributed by atoms with van der Waals surface area (Å²) in [6.07, 6.45) is 3.37. The van der Waals surface area contributed by atoms with Gasteiger partial charge in [0.15, 0.2) is 9.84 Å². The van der Waals surface area contributed by atoms with Gasteiger partial charge in [-0.3, -0.25) is 0 Å². The van der Waals surface area contributed by atoms with Crippen LogP contribution in [-0.2, 0) is 9.84 Å². The van der Waals surface area contributed by atoms with Crippen LogP contribution in [0.1, 0.15) is 40.0 Å². The van der Waals surface area contributed by atoms with Crippen molar-refractivity contribution < 1.29 is 8.42 Å². The minimum Gasteiger partial charge on any atom is -0.312 e. The summed E-state index contributed by atoms with van der Waals surface area (Å²) in [4.78, 5) is 2.51. The van der Waals surface area contributed by atoms with Crippen molar-refractivity contribution in [3.8, 4) is 0 Å². The van der Waals surface area contributed by atoms with E-state index in [0.29, 0.717) is 16.9 Å². The average molecular weight is 302 g/mol. The molecule has 2 rings (SSSR count). The molecular weight excluding hydrogens is 272 g/mol. The topological polar surface area (TPSA) is 49.4 Å². The molecule has 0 radical (unpaired) electrons. The number of likely N-dealkylation sites (tertiary alicyclic amines) is 1. The predicted molar refractivity (Wildman–Crippen MR) is 83.7 cm³/mol. The van der Waals surface area contributed by atoms with E-state index >= 15 is 0 Å². The maximum atomic E-state index is 11.4. The zero-order chi connectivity index (χ0) is 14.8. The molecule has 2 heterocycles. The van der Waals surface area contributed by atoms with Gasteiger partial charge in [-0.05, 0) is 43.7 Å². The van der Waals surface area contributed by atoms with E-state index in [1.807, 2.05) is 0 Å². The quantitative estimate of drug-likeness (QED) is 0.855. The maximum absolute atomic E-state index is 11.4. The Balaban J connectivity index is 1.62. The highest BCUT2D eigenvalue weighted by molar-refractivity contribution is 7.91. The molecule has 4 nitrogen and oxygen atoms in total. The molecule has 118 valence electrons. The van der Waals surface area contributed by atoms with Gasteiger partial charge in [-0.15, -0.1) is 0 Å². The summed E-state index contributed by atoms with van der Waals surface area (Å²) in [5.74, 6) is 1.53. The molecule has 0 aromatic heterocycles. The molecule has 1 unspecified atom stereocenters. The number of rotatable bonds is 4. The lowest BCUT2D eigenvalue weighted by molar-refractivity contribution is 0.112. The first-order chi connectivity index (χ1) is 9.26. The predicted octanol–water partition coefficient (Wildman–Crippen LogP) is 1.52. The van der Waals surface area contributed by atoms with Crippen LogP contribution in [0.15, 0.2) is 0 Å². The Hall–Kier alpha value is -0.130. The molecule has 0 bridgehead atoms. The van der Waals surface area contributed by atoms with Crippen molar-refractivity contribution in [2.45, 2.75) is 46.1 Å². The van der Waals surface area contributed by atoms with Crippen LogP contribution < -0.4 is 5.32 Å². The highest BCUT2D eigenvalue weighted by Crippen LogP contribution is 2.34. The number of nitrogens with one attached hydrogen (secondary N) is 1. The SMILES string of the molecule is CC(C)(C)C1CCN(CCNC2CCS(=O)(=O)C2)CC1. The third-order valence-electron chi connectivity index (χ3n) is 4.91. The van der Waals surface area contributed by atoms with Crippen LogP contribution in [0.25, 0.3) is 0 Å². The van der Waals surface area contributed by atoms with Crippen molar-refractivity contribution in [3.63, 3.8) is 0 Å². The average Bonchev–Trinajstić information content (AvgIpc) is 2.68. The van der Waals surface area contributed by atoms with Crippen molar-refractivity contribution in [3.05, 3.63) is 0 Å². The summed E-state index contributed by atoms with van der Waals surface area (Å²) in [6, 6.07) is 0.187. The summed E-state index contributed by atoms with van der Waals surface area (Å²) in [5.41, 5.74) is 0.433. The molecule has 1 N–H and O–H groups in total. The molecular formula is C15H30N2O2S. The van der Waals surface area contributed by atoms with Gasteiger partial charge in [0.2, 0.25) is 0 Å². The first kappa shape index (κ1) is 16.2. The summed E-state index contributed by atoms with van der Waals surface area (Å²) in [7, 11) is -2.75. The Morgan fingerprint density at radius 3 is 2.30 bits per heavy atom. The highest BCUT2D eigenvalue weighted by Gasteiger charge is 2.29. The highest BCUT2D eigenvalue weighted by atomic mass is 32.2. The van der Waals surface area contributed by atoms with Crippen LogP contribution in [0.3, 0.4) is 0 Å². The van der Waals surface area contributed by atoms with E-state index < -0.39 is 9.84 Å². The second-order valence-corrected chi connectivity index (χ2v) is 9.76. The molecule has 20 heavy (non-hydrogen) atoms. The number of nitrogens with zero attached hydrogens (tertiary/aromatic N) is 1. The summed E-state index contributed by atoms with van der Waals surface area (Å²) in [6.45, 7) is 11.4. The molecule has 2 fully saturated rings. The Kier molecular flexibility index (Phi) is 5.14. The first-order valence-corrected chi connectivity index (χ1v) is 9.74. The number of hydrogen-bond donors (Lipinski definition) is 1. The maximum Gasteiger partial charge on any atom is 0.151 e. The number of piperidine rings is 1. The molecule has 2 aliphatic rings. The largest absolute Gasteiger partial charge is 0.312 e. The van der Waals surface area contributed by atoms with Crippen molar-refractivity contribution in [2.75, 3.05) is 37.7 Å².